The summed E-state index contributed by atoms with van der Waals surface area (Å²) in [5.41, 5.74) is 6.57. The minimum atomic E-state index is -0.602. The Bertz CT molecular complexity index is 4260. The highest BCUT2D eigenvalue weighted by Gasteiger charge is 2.22. The zero-order chi connectivity index (χ0) is 54.4. The first-order chi connectivity index (χ1) is 36.9. The summed E-state index contributed by atoms with van der Waals surface area (Å²) < 4.78 is 100. The molecule has 0 radical (unpaired) electrons. The van der Waals surface area contributed by atoms with Crippen molar-refractivity contribution >= 4 is 32.8 Å². The van der Waals surface area contributed by atoms with Crippen molar-refractivity contribution in [2.75, 3.05) is 0 Å². The number of hydrogen-bond donors (Lipinski definition) is 0. The Balaban J connectivity index is 1.14. The first-order valence-electron chi connectivity index (χ1n) is 26.5. The van der Waals surface area contributed by atoms with Gasteiger partial charge in [-0.1, -0.05) is 142 Å². The highest BCUT2D eigenvalue weighted by atomic mass is 16.5. The maximum atomic E-state index is 10.2. The molecule has 0 bridgehead atoms. The summed E-state index contributed by atoms with van der Waals surface area (Å²) in [5, 5.41) is 12.1. The van der Waals surface area contributed by atoms with Crippen molar-refractivity contribution in [2.24, 2.45) is 0 Å². The number of pyridine rings is 1. The molecule has 3 heterocycles. The molecule has 0 unspecified atom stereocenters. The Morgan fingerprint density at radius 3 is 2.09 bits per heavy atom. The maximum absolute atomic E-state index is 10.2. The van der Waals surface area contributed by atoms with Gasteiger partial charge in [-0.15, -0.1) is 6.42 Å². The van der Waals surface area contributed by atoms with Gasteiger partial charge in [0, 0.05) is 28.6 Å². The van der Waals surface area contributed by atoms with Crippen LogP contribution in [0.3, 0.4) is 0 Å². The van der Waals surface area contributed by atoms with Gasteiger partial charge in [-0.25, -0.2) is 4.98 Å². The molecule has 0 aliphatic carbocycles. The molecular weight excluding hydrogens is 819 g/mol. The van der Waals surface area contributed by atoms with Crippen molar-refractivity contribution in [1.82, 2.24) is 14.1 Å². The summed E-state index contributed by atoms with van der Waals surface area (Å²) in [6.07, 6.45) is 11.2. The lowest BCUT2D eigenvalue weighted by molar-refractivity contribution is -0.571. The van der Waals surface area contributed by atoms with Gasteiger partial charge in [-0.2, -0.15) is 5.26 Å². The maximum Gasteiger partial charge on any atom is 0.269 e. The van der Waals surface area contributed by atoms with Crippen LogP contribution >= 0.6 is 0 Å². The molecule has 0 saturated carbocycles. The van der Waals surface area contributed by atoms with E-state index in [1.165, 1.54) is 0 Å². The Morgan fingerprint density at radius 2 is 1.36 bits per heavy atom. The molecule has 0 saturated heterocycles. The number of ether oxygens (including phenoxy) is 1. The van der Waals surface area contributed by atoms with Gasteiger partial charge in [-0.3, -0.25) is 13.7 Å². The molecule has 3 aromatic heterocycles. The van der Waals surface area contributed by atoms with Crippen molar-refractivity contribution < 1.29 is 23.0 Å². The Labute approximate surface area is 403 Å². The first kappa shape index (κ1) is 31.0. The lowest BCUT2D eigenvalue weighted by Gasteiger charge is -2.20. The second kappa shape index (κ2) is 16.5. The standard InChI is InChI=1S/C61H43N5O/c1-5-41-26-30-55-54(34-41)53-29-28-49(38-57(53)66(55)59-36-46(32-33-63-59)61(2,3)4)67-48-22-14-21-47(37-48)64-40-65(58-35-44(27-31-56(58)64)50-23-13-12-20-45(50)39-62)60-51(42-16-8-6-9-17-42)24-15-25-52(60)43-18-10-7-11-19-43/h1,6-38H,2-4H3/i6D,7D,8D,9D,10D,11D,16D,17D,18D,19D. The molecule has 0 aliphatic rings. The van der Waals surface area contributed by atoms with Gasteiger partial charge >= 0.3 is 0 Å². The average molecular weight is 872 g/mol. The average Bonchev–Trinajstić information content (AvgIpc) is 4.22. The lowest BCUT2D eigenvalue weighted by atomic mass is 9.88. The first-order valence-corrected chi connectivity index (χ1v) is 21.5. The summed E-state index contributed by atoms with van der Waals surface area (Å²) in [7, 11) is 0. The second-order valence-corrected chi connectivity index (χ2v) is 17.0. The number of fused-ring (bicyclic) bond motifs is 4. The number of nitrogens with zero attached hydrogens (tertiary/aromatic N) is 5. The monoisotopic (exact) mass is 871 g/mol. The third-order valence-corrected chi connectivity index (χ3v) is 11.9. The summed E-state index contributed by atoms with van der Waals surface area (Å²) in [6.45, 7) is 6.47. The summed E-state index contributed by atoms with van der Waals surface area (Å²) in [5.74, 6) is 4.47. The molecule has 0 spiro atoms. The zero-order valence-corrected chi connectivity index (χ0v) is 36.5. The van der Waals surface area contributed by atoms with Gasteiger partial charge in [0.1, 0.15) is 17.3 Å². The third kappa shape index (κ3) is 7.37. The number of nitriles is 1. The van der Waals surface area contributed by atoms with Gasteiger partial charge in [-0.05, 0) is 117 Å². The van der Waals surface area contributed by atoms with Crippen LogP contribution in [-0.2, 0) is 5.41 Å². The molecule has 0 fully saturated rings. The van der Waals surface area contributed by atoms with E-state index < -0.39 is 60.4 Å². The molecule has 0 amide bonds. The normalized spacial score (nSPS) is 13.6. The van der Waals surface area contributed by atoms with Crippen LogP contribution in [0.25, 0.3) is 83.4 Å². The summed E-state index contributed by atoms with van der Waals surface area (Å²) >= 11 is 0. The minimum absolute atomic E-state index is 0.0928. The predicted molar refractivity (Wildman–Crippen MR) is 270 cm³/mol. The van der Waals surface area contributed by atoms with Gasteiger partial charge in [0.15, 0.2) is 0 Å². The fraction of sp³-hybridized carbons (Fsp3) is 0.0656. The largest absolute Gasteiger partial charge is 0.458 e. The minimum Gasteiger partial charge on any atom is -0.458 e. The highest BCUT2D eigenvalue weighted by Crippen LogP contribution is 2.39. The Morgan fingerprint density at radius 1 is 0.657 bits per heavy atom. The van der Waals surface area contributed by atoms with E-state index in [1.54, 1.807) is 39.5 Å². The van der Waals surface area contributed by atoms with Crippen LogP contribution in [0, 0.1) is 30.0 Å². The number of rotatable bonds is 8. The second-order valence-electron chi connectivity index (χ2n) is 17.0. The molecular formula is C61H43N5O. The molecule has 11 rings (SSSR count). The number of hydrogen-bond acceptors (Lipinski definition) is 3. The van der Waals surface area contributed by atoms with E-state index in [9.17, 15) is 5.26 Å². The summed E-state index contributed by atoms with van der Waals surface area (Å²) in [4.78, 5) is 4.84. The van der Waals surface area contributed by atoms with Crippen LogP contribution in [0.4, 0.5) is 0 Å². The third-order valence-electron chi connectivity index (χ3n) is 11.9. The van der Waals surface area contributed by atoms with E-state index in [-0.39, 0.29) is 33.4 Å². The topological polar surface area (TPSA) is 59.6 Å². The van der Waals surface area contributed by atoms with Crippen molar-refractivity contribution in [2.45, 2.75) is 26.2 Å². The van der Waals surface area contributed by atoms with E-state index in [2.05, 4.69) is 49.7 Å². The molecule has 67 heavy (non-hydrogen) atoms. The predicted octanol–water partition coefficient (Wildman–Crippen LogP) is 14.1. The number of para-hydroxylation sites is 1. The van der Waals surface area contributed by atoms with Crippen LogP contribution in [0.1, 0.15) is 51.2 Å². The molecule has 11 aromatic rings. The molecule has 8 aromatic carbocycles. The van der Waals surface area contributed by atoms with E-state index in [0.717, 1.165) is 38.8 Å². The van der Waals surface area contributed by atoms with Crippen molar-refractivity contribution in [3.8, 4) is 80.5 Å². The van der Waals surface area contributed by atoms with E-state index in [4.69, 9.17) is 29.9 Å². The van der Waals surface area contributed by atoms with Crippen molar-refractivity contribution in [3.63, 3.8) is 0 Å². The van der Waals surface area contributed by atoms with E-state index in [0.29, 0.717) is 44.9 Å². The van der Waals surface area contributed by atoms with Crippen LogP contribution in [-0.4, -0.2) is 14.1 Å². The molecule has 6 heteroatoms. The van der Waals surface area contributed by atoms with Crippen molar-refractivity contribution in [1.29, 1.82) is 5.26 Å². The van der Waals surface area contributed by atoms with E-state index >= 15 is 0 Å². The fourth-order valence-corrected chi connectivity index (χ4v) is 8.65. The zero-order valence-electron chi connectivity index (χ0n) is 46.5. The molecule has 6 nitrogen and oxygen atoms in total. The fourth-order valence-electron chi connectivity index (χ4n) is 8.65. The summed E-state index contributed by atoms with van der Waals surface area (Å²) in [6, 6.07) is 37.2. The number of imidazole rings is 1. The van der Waals surface area contributed by atoms with Crippen molar-refractivity contribution in [3.05, 3.63) is 223 Å². The van der Waals surface area contributed by atoms with Gasteiger partial charge in [0.05, 0.1) is 58.8 Å². The Hall–Kier alpha value is -8.97. The number of benzene rings is 8. The molecule has 0 aliphatic heterocycles. The molecule has 0 atom stereocenters. The quantitative estimate of drug-likeness (QED) is 0.0868. The van der Waals surface area contributed by atoms with Gasteiger partial charge < -0.3 is 4.74 Å². The smallest absolute Gasteiger partial charge is 0.269 e. The highest BCUT2D eigenvalue weighted by molar-refractivity contribution is 6.10. The van der Waals surface area contributed by atoms with Crippen LogP contribution in [0.2, 0.25) is 0 Å². The van der Waals surface area contributed by atoms with Crippen LogP contribution < -0.4 is 9.30 Å². The van der Waals surface area contributed by atoms with Gasteiger partial charge in [0.2, 0.25) is 0 Å². The lowest BCUT2D eigenvalue weighted by Crippen LogP contribution is -2.31. The number of terminal acetylenes is 1. The number of aromatic nitrogens is 4. The van der Waals surface area contributed by atoms with Crippen LogP contribution in [0.5, 0.6) is 11.5 Å². The molecule has 0 N–H and O–H groups in total. The van der Waals surface area contributed by atoms with Crippen LogP contribution in [0.15, 0.2) is 200 Å². The van der Waals surface area contributed by atoms with E-state index in [1.807, 2.05) is 103 Å². The SMILES string of the molecule is [2H]c1c([2H])c([2H])c(-c2cccc(-c3c([2H])c([2H])c([2H])c([2H])c3[2H])c2-[n+]2[c-]n(-c3cccc(Oc4ccc5c6cc(C#C)ccc6n(-c6cc(C(C)(C)C)ccn6)c5c4)c3)c3ccc(-c4ccccc4C#N)cc32)c([2H])c1[2H]. The molecule has 318 valence electrons. The van der Waals surface area contributed by atoms with Gasteiger partial charge in [0.25, 0.3) is 6.33 Å². The Kier molecular flexibility index (Phi) is 7.65.